The van der Waals surface area contributed by atoms with Crippen molar-refractivity contribution in [3.8, 4) is 17.3 Å². The van der Waals surface area contributed by atoms with Crippen molar-refractivity contribution in [1.82, 2.24) is 24.8 Å². The number of benzene rings is 1. The lowest BCUT2D eigenvalue weighted by Gasteiger charge is -2.39. The Hall–Kier alpha value is -3.60. The van der Waals surface area contributed by atoms with Gasteiger partial charge in [-0.25, -0.2) is 13.6 Å². The number of carboxylic acid groups (broad SMARTS) is 1. The van der Waals surface area contributed by atoms with E-state index in [1.54, 1.807) is 6.07 Å². The zero-order valence-electron chi connectivity index (χ0n) is 20.2. The van der Waals surface area contributed by atoms with Crippen LogP contribution in [0.1, 0.15) is 19.8 Å². The van der Waals surface area contributed by atoms with Gasteiger partial charge >= 0.3 is 12.1 Å². The summed E-state index contributed by atoms with van der Waals surface area (Å²) in [4.78, 5) is 30.2. The van der Waals surface area contributed by atoms with Crippen LogP contribution < -0.4 is 9.64 Å². The molecule has 1 N–H and O–H groups in total. The molecule has 0 aliphatic carbocycles. The van der Waals surface area contributed by atoms with E-state index in [-0.39, 0.29) is 48.0 Å². The molecule has 1 aromatic carbocycles. The fraction of sp³-hybridized carbons (Fsp3) is 0.440. The van der Waals surface area contributed by atoms with Gasteiger partial charge in [-0.05, 0) is 45.5 Å². The van der Waals surface area contributed by atoms with Gasteiger partial charge in [-0.2, -0.15) is 9.97 Å². The van der Waals surface area contributed by atoms with Crippen LogP contribution in [0.2, 0.25) is 0 Å². The Bertz CT molecular complexity index is 1290. The van der Waals surface area contributed by atoms with Crippen molar-refractivity contribution in [1.29, 1.82) is 0 Å². The molecule has 2 unspecified atom stereocenters. The van der Waals surface area contributed by atoms with Gasteiger partial charge in [0.15, 0.2) is 5.82 Å². The first kappa shape index (κ1) is 24.1. The second-order valence-electron chi connectivity index (χ2n) is 9.35. The fourth-order valence-electron chi connectivity index (χ4n) is 4.95. The smallest absolute Gasteiger partial charge is 0.407 e. The van der Waals surface area contributed by atoms with Crippen LogP contribution in [0.4, 0.5) is 19.4 Å². The first-order valence-corrected chi connectivity index (χ1v) is 12.0. The predicted molar refractivity (Wildman–Crippen MR) is 130 cm³/mol. The molecule has 2 atom stereocenters. The summed E-state index contributed by atoms with van der Waals surface area (Å²) in [7, 11) is 2.03. The van der Waals surface area contributed by atoms with Crippen LogP contribution in [-0.2, 0) is 0 Å². The second-order valence-corrected chi connectivity index (χ2v) is 9.35. The number of anilines is 1. The lowest BCUT2D eigenvalue weighted by molar-refractivity contribution is 0.136. The summed E-state index contributed by atoms with van der Waals surface area (Å²) < 4.78 is 36.3. The summed E-state index contributed by atoms with van der Waals surface area (Å²) in [6.07, 6.45) is 2.52. The van der Waals surface area contributed by atoms with E-state index in [0.717, 1.165) is 19.4 Å². The molecule has 1 amide bonds. The molecule has 2 fully saturated rings. The maximum atomic E-state index is 15.8. The number of pyridine rings is 1. The maximum Gasteiger partial charge on any atom is 0.407 e. The number of fused-ring (bicyclic) bond motifs is 1. The summed E-state index contributed by atoms with van der Waals surface area (Å²) in [5.74, 6) is -0.934. The third kappa shape index (κ3) is 4.50. The lowest BCUT2D eigenvalue weighted by Crippen LogP contribution is -2.53. The van der Waals surface area contributed by atoms with Crippen LogP contribution in [0, 0.1) is 11.6 Å². The third-order valence-electron chi connectivity index (χ3n) is 7.02. The molecule has 5 rings (SSSR count). The van der Waals surface area contributed by atoms with Crippen LogP contribution in [0.15, 0.2) is 30.5 Å². The monoisotopic (exact) mass is 498 g/mol. The largest absolute Gasteiger partial charge is 0.465 e. The number of piperazine rings is 1. The number of hydrogen-bond acceptors (Lipinski definition) is 7. The number of likely N-dealkylation sites (N-methyl/N-ethyl adjacent to an activating group) is 1. The Morgan fingerprint density at radius 2 is 2.00 bits per heavy atom. The van der Waals surface area contributed by atoms with E-state index in [1.807, 2.05) is 18.9 Å². The van der Waals surface area contributed by atoms with Crippen molar-refractivity contribution in [2.24, 2.45) is 0 Å². The van der Waals surface area contributed by atoms with E-state index >= 15 is 4.39 Å². The second kappa shape index (κ2) is 9.81. The SMILES string of the molecule is CC1CN(C(=O)O)CCN1c1nc(OCC2CCCN2C)nc2c(F)c(-c3ccccc3F)ncc12. The van der Waals surface area contributed by atoms with E-state index in [0.29, 0.717) is 24.4 Å². The van der Waals surface area contributed by atoms with Gasteiger partial charge in [0.2, 0.25) is 0 Å². The minimum absolute atomic E-state index is 0.0177. The summed E-state index contributed by atoms with van der Waals surface area (Å²) in [5.41, 5.74) is -0.123. The standard InChI is InChI=1S/C25H28F2N6O3/c1-15-13-32(25(34)35)10-11-33(15)23-18-12-28-21(17-7-3-4-8-19(17)26)20(27)22(18)29-24(30-23)36-14-16-6-5-9-31(16)2/h3-4,7-8,12,15-16H,5-6,9-11,13-14H2,1-2H3,(H,34,35). The Morgan fingerprint density at radius 3 is 2.69 bits per heavy atom. The summed E-state index contributed by atoms with van der Waals surface area (Å²) in [5, 5.41) is 9.74. The zero-order chi connectivity index (χ0) is 25.4. The topological polar surface area (TPSA) is 94.9 Å². The molecule has 3 aromatic rings. The number of likely N-dealkylation sites (tertiary alicyclic amines) is 1. The molecular formula is C25H28F2N6O3. The number of carbonyl (C=O) groups is 1. The minimum Gasteiger partial charge on any atom is -0.465 e. The zero-order valence-corrected chi connectivity index (χ0v) is 20.2. The van der Waals surface area contributed by atoms with Gasteiger partial charge in [0.1, 0.15) is 29.5 Å². The molecule has 4 heterocycles. The van der Waals surface area contributed by atoms with Crippen molar-refractivity contribution < 1.29 is 23.4 Å². The lowest BCUT2D eigenvalue weighted by atomic mass is 10.1. The van der Waals surface area contributed by atoms with Crippen LogP contribution in [0.3, 0.4) is 0 Å². The number of rotatable bonds is 5. The average molecular weight is 499 g/mol. The third-order valence-corrected chi connectivity index (χ3v) is 7.02. The summed E-state index contributed by atoms with van der Waals surface area (Å²) >= 11 is 0. The Morgan fingerprint density at radius 1 is 1.19 bits per heavy atom. The molecule has 2 aromatic heterocycles. The predicted octanol–water partition coefficient (Wildman–Crippen LogP) is 3.63. The number of amides is 1. The first-order valence-electron chi connectivity index (χ1n) is 12.0. The van der Waals surface area contributed by atoms with E-state index in [4.69, 9.17) is 4.74 Å². The summed E-state index contributed by atoms with van der Waals surface area (Å²) in [6.45, 7) is 4.13. The van der Waals surface area contributed by atoms with Crippen LogP contribution >= 0.6 is 0 Å². The highest BCUT2D eigenvalue weighted by molar-refractivity contribution is 5.92. The minimum atomic E-state index is -0.985. The average Bonchev–Trinajstić information content (AvgIpc) is 3.28. The molecule has 36 heavy (non-hydrogen) atoms. The molecule has 0 radical (unpaired) electrons. The van der Waals surface area contributed by atoms with Crippen molar-refractivity contribution in [3.63, 3.8) is 0 Å². The van der Waals surface area contributed by atoms with Crippen LogP contribution in [0.25, 0.3) is 22.2 Å². The van der Waals surface area contributed by atoms with Crippen molar-refractivity contribution in [3.05, 3.63) is 42.1 Å². The first-order chi connectivity index (χ1) is 17.3. The molecule has 190 valence electrons. The van der Waals surface area contributed by atoms with Crippen molar-refractivity contribution in [2.45, 2.75) is 31.8 Å². The van der Waals surface area contributed by atoms with Gasteiger partial charge in [-0.15, -0.1) is 0 Å². The maximum absolute atomic E-state index is 15.8. The molecule has 2 saturated heterocycles. The van der Waals surface area contributed by atoms with Crippen molar-refractivity contribution >= 4 is 22.8 Å². The molecule has 0 bridgehead atoms. The highest BCUT2D eigenvalue weighted by Gasteiger charge is 2.31. The summed E-state index contributed by atoms with van der Waals surface area (Å²) in [6, 6.07) is 5.87. The number of ether oxygens (including phenoxy) is 1. The van der Waals surface area contributed by atoms with Gasteiger partial charge < -0.3 is 24.5 Å². The van der Waals surface area contributed by atoms with Gasteiger partial charge in [0.25, 0.3) is 0 Å². The number of aromatic nitrogens is 3. The molecule has 0 spiro atoms. The fourth-order valence-corrected chi connectivity index (χ4v) is 4.95. The van der Waals surface area contributed by atoms with Crippen LogP contribution in [0.5, 0.6) is 6.01 Å². The van der Waals surface area contributed by atoms with E-state index < -0.39 is 17.7 Å². The number of nitrogens with zero attached hydrogens (tertiary/aromatic N) is 6. The Labute approximate surface area is 207 Å². The van der Waals surface area contributed by atoms with E-state index in [9.17, 15) is 14.3 Å². The molecule has 2 aliphatic heterocycles. The van der Waals surface area contributed by atoms with E-state index in [2.05, 4.69) is 19.9 Å². The Kier molecular flexibility index (Phi) is 6.57. The quantitative estimate of drug-likeness (QED) is 0.570. The van der Waals surface area contributed by atoms with Crippen molar-refractivity contribution in [2.75, 3.05) is 44.7 Å². The van der Waals surface area contributed by atoms with Gasteiger partial charge in [0.05, 0.1) is 5.39 Å². The normalized spacial score (nSPS) is 20.8. The number of hydrogen-bond donors (Lipinski definition) is 1. The molecule has 2 aliphatic rings. The number of halogens is 2. The van der Waals surface area contributed by atoms with E-state index in [1.165, 1.54) is 29.3 Å². The highest BCUT2D eigenvalue weighted by Crippen LogP contribution is 2.34. The molecule has 9 nitrogen and oxygen atoms in total. The van der Waals surface area contributed by atoms with Gasteiger partial charge in [-0.1, -0.05) is 12.1 Å². The highest BCUT2D eigenvalue weighted by atomic mass is 19.1. The molecular weight excluding hydrogens is 470 g/mol. The molecule has 0 saturated carbocycles. The molecule has 11 heteroatoms. The van der Waals surface area contributed by atoms with Gasteiger partial charge in [0, 0.05) is 43.5 Å². The van der Waals surface area contributed by atoms with Crippen LogP contribution in [-0.4, -0.2) is 87.9 Å². The van der Waals surface area contributed by atoms with Gasteiger partial charge in [-0.3, -0.25) is 4.98 Å². The Balaban J connectivity index is 1.58.